The molecule has 0 unspecified atom stereocenters. The van der Waals surface area contributed by atoms with Crippen LogP contribution in [0.15, 0.2) is 71.7 Å². The van der Waals surface area contributed by atoms with Gasteiger partial charge < -0.3 is 19.7 Å². The van der Waals surface area contributed by atoms with Gasteiger partial charge in [0.2, 0.25) is 5.78 Å². The average molecular weight is 368 g/mol. The molecule has 1 aromatic rings. The van der Waals surface area contributed by atoms with Crippen LogP contribution in [0.1, 0.15) is 12.0 Å². The molecule has 0 saturated heterocycles. The maximum absolute atomic E-state index is 11.9. The first-order chi connectivity index (χ1) is 12.9. The summed E-state index contributed by atoms with van der Waals surface area (Å²) in [5, 5.41) is 19.5. The van der Waals surface area contributed by atoms with E-state index in [-0.39, 0.29) is 35.3 Å². The summed E-state index contributed by atoms with van der Waals surface area (Å²) in [6.45, 7) is 0. The quantitative estimate of drug-likeness (QED) is 0.566. The molecule has 0 spiro atoms. The van der Waals surface area contributed by atoms with E-state index in [2.05, 4.69) is 0 Å². The van der Waals surface area contributed by atoms with E-state index >= 15 is 0 Å². The average Bonchev–Trinajstić information content (AvgIpc) is 2.66. The number of phenolic OH excluding ortho intramolecular Hbond substituents is 1. The Kier molecular flexibility index (Phi) is 6.77. The van der Waals surface area contributed by atoms with Crippen molar-refractivity contribution in [3.05, 3.63) is 77.3 Å². The number of hydrogen-bond donors (Lipinski definition) is 2. The van der Waals surface area contributed by atoms with Gasteiger partial charge in [0.05, 0.1) is 20.0 Å². The highest BCUT2D eigenvalue weighted by atomic mass is 16.5. The summed E-state index contributed by atoms with van der Waals surface area (Å²) in [7, 11) is 2.84. The van der Waals surface area contributed by atoms with Crippen molar-refractivity contribution in [3.8, 4) is 11.5 Å². The Bertz CT molecular complexity index is 884. The molecule has 27 heavy (non-hydrogen) atoms. The smallest absolute Gasteiger partial charge is 0.220 e. The number of rotatable bonds is 7. The lowest BCUT2D eigenvalue weighted by molar-refractivity contribution is -0.114. The predicted octanol–water partition coefficient (Wildman–Crippen LogP) is 3.41. The van der Waals surface area contributed by atoms with Gasteiger partial charge in [0.1, 0.15) is 0 Å². The zero-order valence-electron chi connectivity index (χ0n) is 15.0. The molecule has 1 aromatic carbocycles. The first-order valence-corrected chi connectivity index (χ1v) is 8.09. The third kappa shape index (κ3) is 5.74. The molecule has 0 saturated carbocycles. The maximum Gasteiger partial charge on any atom is 0.220 e. The van der Waals surface area contributed by atoms with Gasteiger partial charge in [-0.05, 0) is 41.5 Å². The normalized spacial score (nSPS) is 15.9. The second-order valence-electron chi connectivity index (χ2n) is 5.62. The fraction of sp³-hybridized carbons (Fsp3) is 0.143. The predicted molar refractivity (Wildman–Crippen MR) is 101 cm³/mol. The third-order valence-corrected chi connectivity index (χ3v) is 3.69. The lowest BCUT2D eigenvalue weighted by Gasteiger charge is -2.07. The zero-order chi connectivity index (χ0) is 19.8. The highest BCUT2D eigenvalue weighted by Gasteiger charge is 2.11. The van der Waals surface area contributed by atoms with Crippen LogP contribution in [0.5, 0.6) is 11.5 Å². The van der Waals surface area contributed by atoms with Crippen molar-refractivity contribution in [2.75, 3.05) is 14.2 Å². The Morgan fingerprint density at radius 3 is 2.67 bits per heavy atom. The van der Waals surface area contributed by atoms with Gasteiger partial charge >= 0.3 is 0 Å². The number of phenols is 1. The van der Waals surface area contributed by atoms with Gasteiger partial charge in [-0.1, -0.05) is 24.3 Å². The van der Waals surface area contributed by atoms with E-state index in [0.29, 0.717) is 16.9 Å². The number of allylic oxidation sites excluding steroid dienone is 7. The molecule has 140 valence electrons. The van der Waals surface area contributed by atoms with Gasteiger partial charge in [-0.15, -0.1) is 0 Å². The zero-order valence-corrected chi connectivity index (χ0v) is 15.0. The topological polar surface area (TPSA) is 93.1 Å². The molecule has 1 aliphatic rings. The van der Waals surface area contributed by atoms with Crippen LogP contribution in [0.25, 0.3) is 6.08 Å². The van der Waals surface area contributed by atoms with E-state index in [1.165, 1.54) is 32.4 Å². The van der Waals surface area contributed by atoms with Gasteiger partial charge in [0.15, 0.2) is 23.0 Å². The Labute approximate surface area is 157 Å². The number of aliphatic hydroxyl groups excluding tert-OH is 1. The summed E-state index contributed by atoms with van der Waals surface area (Å²) in [5.74, 6) is -0.192. The number of hydrogen-bond acceptors (Lipinski definition) is 6. The third-order valence-electron chi connectivity index (χ3n) is 3.69. The standard InChI is InChI=1S/C21H20O6/c1-26-20-11-14(5-9-18(20)24)3-7-16(22)13-17(23)8-4-15-6-10-19(25)21(12-15)27-2/h3-7,9-13,23-24H,8H2,1-2H3. The molecule has 0 aromatic heterocycles. The van der Waals surface area contributed by atoms with Gasteiger partial charge in [-0.25, -0.2) is 0 Å². The largest absolute Gasteiger partial charge is 0.512 e. The molecule has 0 fully saturated rings. The Morgan fingerprint density at radius 1 is 1.19 bits per heavy atom. The Morgan fingerprint density at radius 2 is 1.96 bits per heavy atom. The molecule has 2 rings (SSSR count). The van der Waals surface area contributed by atoms with E-state index in [0.717, 1.165) is 6.08 Å². The molecular weight excluding hydrogens is 348 g/mol. The fourth-order valence-corrected chi connectivity index (χ4v) is 2.28. The van der Waals surface area contributed by atoms with E-state index < -0.39 is 0 Å². The number of methoxy groups -OCH3 is 2. The van der Waals surface area contributed by atoms with Crippen LogP contribution < -0.4 is 4.74 Å². The number of aliphatic hydroxyl groups is 1. The molecule has 0 atom stereocenters. The number of ketones is 2. The van der Waals surface area contributed by atoms with Gasteiger partial charge in [-0.2, -0.15) is 0 Å². The van der Waals surface area contributed by atoms with Crippen LogP contribution in [0.4, 0.5) is 0 Å². The van der Waals surface area contributed by atoms with Crippen molar-refractivity contribution in [1.29, 1.82) is 0 Å². The number of benzene rings is 1. The summed E-state index contributed by atoms with van der Waals surface area (Å²) in [6.07, 6.45) is 10.3. The fourth-order valence-electron chi connectivity index (χ4n) is 2.28. The van der Waals surface area contributed by atoms with Crippen molar-refractivity contribution in [2.45, 2.75) is 6.42 Å². The van der Waals surface area contributed by atoms with Crippen LogP contribution in [-0.4, -0.2) is 36.0 Å². The van der Waals surface area contributed by atoms with Crippen molar-refractivity contribution < 1.29 is 29.3 Å². The number of carbonyl (C=O) groups is 2. The van der Waals surface area contributed by atoms with E-state index in [1.807, 2.05) is 0 Å². The lowest BCUT2D eigenvalue weighted by Crippen LogP contribution is -2.04. The minimum atomic E-state index is -0.388. The molecule has 0 amide bonds. The van der Waals surface area contributed by atoms with Crippen molar-refractivity contribution in [2.24, 2.45) is 0 Å². The molecule has 0 bridgehead atoms. The Hall–Kier alpha value is -3.54. The molecule has 6 heteroatoms. The van der Waals surface area contributed by atoms with Crippen LogP contribution in [0.2, 0.25) is 0 Å². The first-order valence-electron chi connectivity index (χ1n) is 8.09. The Balaban J connectivity index is 2.00. The van der Waals surface area contributed by atoms with Crippen molar-refractivity contribution in [3.63, 3.8) is 0 Å². The summed E-state index contributed by atoms with van der Waals surface area (Å²) < 4.78 is 9.96. The monoisotopic (exact) mass is 368 g/mol. The van der Waals surface area contributed by atoms with Crippen molar-refractivity contribution in [1.82, 2.24) is 0 Å². The number of carbonyl (C=O) groups excluding carboxylic acids is 2. The molecular formula is C21H20O6. The van der Waals surface area contributed by atoms with Gasteiger partial charge in [0, 0.05) is 12.5 Å². The lowest BCUT2D eigenvalue weighted by atomic mass is 10.1. The van der Waals surface area contributed by atoms with Crippen LogP contribution >= 0.6 is 0 Å². The van der Waals surface area contributed by atoms with Crippen molar-refractivity contribution >= 4 is 17.6 Å². The summed E-state index contributed by atoms with van der Waals surface area (Å²) in [5.41, 5.74) is 1.37. The summed E-state index contributed by atoms with van der Waals surface area (Å²) in [6, 6.07) is 4.68. The molecule has 0 heterocycles. The maximum atomic E-state index is 11.9. The number of ether oxygens (including phenoxy) is 2. The molecule has 1 aliphatic carbocycles. The molecule has 0 aliphatic heterocycles. The highest BCUT2D eigenvalue weighted by molar-refractivity contribution is 6.04. The van der Waals surface area contributed by atoms with E-state index in [9.17, 15) is 19.8 Å². The minimum absolute atomic E-state index is 0.00990. The highest BCUT2D eigenvalue weighted by Crippen LogP contribution is 2.26. The van der Waals surface area contributed by atoms with Gasteiger partial charge in [-0.3, -0.25) is 9.59 Å². The molecule has 2 N–H and O–H groups in total. The molecule has 0 radical (unpaired) electrons. The van der Waals surface area contributed by atoms with Crippen LogP contribution in [0, 0.1) is 0 Å². The first kappa shape index (κ1) is 19.8. The van der Waals surface area contributed by atoms with Crippen LogP contribution in [0.3, 0.4) is 0 Å². The summed E-state index contributed by atoms with van der Waals surface area (Å²) >= 11 is 0. The number of aromatic hydroxyl groups is 1. The minimum Gasteiger partial charge on any atom is -0.512 e. The van der Waals surface area contributed by atoms with Gasteiger partial charge in [0.25, 0.3) is 0 Å². The second kappa shape index (κ2) is 9.24. The van der Waals surface area contributed by atoms with Crippen LogP contribution in [-0.2, 0) is 14.3 Å². The summed E-state index contributed by atoms with van der Waals surface area (Å²) in [4.78, 5) is 23.4. The second-order valence-corrected chi connectivity index (χ2v) is 5.62. The SMILES string of the molecule is COC1=CC(=CCC(O)=CC(=O)C=Cc2ccc(O)c(OC)c2)C=CC1=O. The molecule has 6 nitrogen and oxygen atoms in total. The van der Waals surface area contributed by atoms with E-state index in [4.69, 9.17) is 9.47 Å². The van der Waals surface area contributed by atoms with E-state index in [1.54, 1.807) is 36.4 Å².